The molecule has 0 bridgehead atoms. The van der Waals surface area contributed by atoms with Crippen LogP contribution < -0.4 is 10.6 Å². The molecule has 0 saturated carbocycles. The summed E-state index contributed by atoms with van der Waals surface area (Å²) in [4.78, 5) is 24.5. The maximum Gasteiger partial charge on any atom is 0.319 e. The van der Waals surface area contributed by atoms with Gasteiger partial charge in [0.1, 0.15) is 0 Å². The Morgan fingerprint density at radius 2 is 1.12 bits per heavy atom. The van der Waals surface area contributed by atoms with Crippen LogP contribution in [0.3, 0.4) is 0 Å². The normalized spacial score (nSPS) is 10.7. The van der Waals surface area contributed by atoms with Gasteiger partial charge in [-0.3, -0.25) is 4.79 Å². The van der Waals surface area contributed by atoms with Crippen LogP contribution in [0.5, 0.6) is 0 Å². The molecule has 0 heterocycles. The SMILES string of the molecule is CCCCCCCCCCCCCCNC(=O)Nc1ccc(C(=O)c2ccccc2)cc1. The maximum atomic E-state index is 12.4. The van der Waals surface area contributed by atoms with E-state index < -0.39 is 0 Å². The minimum Gasteiger partial charge on any atom is -0.338 e. The molecule has 0 aliphatic carbocycles. The fourth-order valence-electron chi connectivity index (χ4n) is 3.80. The predicted molar refractivity (Wildman–Crippen MR) is 134 cm³/mol. The zero-order chi connectivity index (χ0) is 22.9. The smallest absolute Gasteiger partial charge is 0.319 e. The number of nitrogens with one attached hydrogen (secondary N) is 2. The van der Waals surface area contributed by atoms with Crippen LogP contribution in [-0.2, 0) is 0 Å². The number of ketones is 1. The first-order valence-corrected chi connectivity index (χ1v) is 12.5. The Morgan fingerprint density at radius 3 is 1.69 bits per heavy atom. The number of anilines is 1. The van der Waals surface area contributed by atoms with Crippen molar-refractivity contribution in [2.24, 2.45) is 0 Å². The van der Waals surface area contributed by atoms with Gasteiger partial charge in [0.25, 0.3) is 0 Å². The average Bonchev–Trinajstić information content (AvgIpc) is 2.82. The third kappa shape index (κ3) is 10.6. The number of rotatable bonds is 16. The average molecular weight is 437 g/mol. The van der Waals surface area contributed by atoms with Gasteiger partial charge >= 0.3 is 6.03 Å². The quantitative estimate of drug-likeness (QED) is 0.209. The second-order valence-corrected chi connectivity index (χ2v) is 8.54. The van der Waals surface area contributed by atoms with E-state index >= 15 is 0 Å². The lowest BCUT2D eigenvalue weighted by Gasteiger charge is -2.08. The zero-order valence-corrected chi connectivity index (χ0v) is 19.7. The predicted octanol–water partition coefficient (Wildman–Crippen LogP) is 7.74. The minimum atomic E-state index is -0.199. The molecule has 0 aliphatic heterocycles. The molecule has 0 radical (unpaired) electrons. The Balaban J connectivity index is 1.50. The maximum absolute atomic E-state index is 12.4. The van der Waals surface area contributed by atoms with Crippen molar-refractivity contribution in [3.8, 4) is 0 Å². The van der Waals surface area contributed by atoms with Crippen molar-refractivity contribution in [3.63, 3.8) is 0 Å². The Bertz CT molecular complexity index is 772. The highest BCUT2D eigenvalue weighted by molar-refractivity contribution is 6.09. The van der Waals surface area contributed by atoms with Gasteiger partial charge in [0, 0.05) is 23.4 Å². The summed E-state index contributed by atoms with van der Waals surface area (Å²) < 4.78 is 0. The van der Waals surface area contributed by atoms with Gasteiger partial charge in [-0.05, 0) is 30.7 Å². The Morgan fingerprint density at radius 1 is 0.625 bits per heavy atom. The number of amides is 2. The van der Waals surface area contributed by atoms with E-state index in [0.29, 0.717) is 23.4 Å². The highest BCUT2D eigenvalue weighted by atomic mass is 16.2. The van der Waals surface area contributed by atoms with Crippen molar-refractivity contribution in [2.45, 2.75) is 84.0 Å². The summed E-state index contributed by atoms with van der Waals surface area (Å²) in [7, 11) is 0. The van der Waals surface area contributed by atoms with Crippen LogP contribution in [0.1, 0.15) is 99.9 Å². The summed E-state index contributed by atoms with van der Waals surface area (Å²) in [6, 6.07) is 16.0. The zero-order valence-electron chi connectivity index (χ0n) is 19.7. The molecular formula is C28H40N2O2. The molecule has 2 N–H and O–H groups in total. The Kier molecular flexibility index (Phi) is 12.9. The molecule has 0 fully saturated rings. The summed E-state index contributed by atoms with van der Waals surface area (Å²) in [5.74, 6) is -0.0198. The molecule has 174 valence electrons. The van der Waals surface area contributed by atoms with Gasteiger partial charge in [-0.1, -0.05) is 108 Å². The third-order valence-electron chi connectivity index (χ3n) is 5.76. The van der Waals surface area contributed by atoms with Crippen LogP contribution in [-0.4, -0.2) is 18.4 Å². The lowest BCUT2D eigenvalue weighted by atomic mass is 10.0. The fourth-order valence-corrected chi connectivity index (χ4v) is 3.80. The van der Waals surface area contributed by atoms with E-state index in [2.05, 4.69) is 17.6 Å². The lowest BCUT2D eigenvalue weighted by Crippen LogP contribution is -2.29. The molecule has 0 saturated heterocycles. The summed E-state index contributed by atoms with van der Waals surface area (Å²) in [6.45, 7) is 2.95. The number of hydrogen-bond acceptors (Lipinski definition) is 2. The molecule has 2 rings (SSSR count). The van der Waals surface area contributed by atoms with E-state index in [1.165, 1.54) is 64.2 Å². The lowest BCUT2D eigenvalue weighted by molar-refractivity contribution is 0.103. The largest absolute Gasteiger partial charge is 0.338 e. The second kappa shape index (κ2) is 16.1. The molecule has 0 aromatic heterocycles. The van der Waals surface area contributed by atoms with Gasteiger partial charge in [-0.15, -0.1) is 0 Å². The molecule has 0 aliphatic rings. The Labute approximate surface area is 194 Å². The fraction of sp³-hybridized carbons (Fsp3) is 0.500. The first-order chi connectivity index (χ1) is 15.7. The molecule has 0 spiro atoms. The van der Waals surface area contributed by atoms with E-state index in [1.54, 1.807) is 36.4 Å². The van der Waals surface area contributed by atoms with E-state index in [1.807, 2.05) is 18.2 Å². The van der Waals surface area contributed by atoms with Crippen LogP contribution in [0.2, 0.25) is 0 Å². The second-order valence-electron chi connectivity index (χ2n) is 8.54. The molecule has 2 aromatic carbocycles. The van der Waals surface area contributed by atoms with E-state index in [-0.39, 0.29) is 11.8 Å². The number of unbranched alkanes of at least 4 members (excludes halogenated alkanes) is 11. The number of benzene rings is 2. The van der Waals surface area contributed by atoms with Crippen LogP contribution in [0.15, 0.2) is 54.6 Å². The highest BCUT2D eigenvalue weighted by Crippen LogP contribution is 2.14. The van der Waals surface area contributed by atoms with Crippen molar-refractivity contribution >= 4 is 17.5 Å². The third-order valence-corrected chi connectivity index (χ3v) is 5.76. The molecule has 4 heteroatoms. The van der Waals surface area contributed by atoms with Crippen molar-refractivity contribution in [1.29, 1.82) is 0 Å². The topological polar surface area (TPSA) is 58.2 Å². The molecule has 2 amide bonds. The highest BCUT2D eigenvalue weighted by Gasteiger charge is 2.08. The van der Waals surface area contributed by atoms with E-state index in [4.69, 9.17) is 0 Å². The molecule has 2 aromatic rings. The van der Waals surface area contributed by atoms with Crippen LogP contribution in [0.25, 0.3) is 0 Å². The molecular weight excluding hydrogens is 396 g/mol. The number of carbonyl (C=O) groups is 2. The number of urea groups is 1. The standard InChI is InChI=1S/C28H40N2O2/c1-2-3-4-5-6-7-8-9-10-11-12-16-23-29-28(32)30-26-21-19-25(20-22-26)27(31)24-17-14-13-15-18-24/h13-15,17-22H,2-12,16,23H2,1H3,(H2,29,30,32). The van der Waals surface area contributed by atoms with E-state index in [9.17, 15) is 9.59 Å². The molecule has 4 nitrogen and oxygen atoms in total. The van der Waals surface area contributed by atoms with Gasteiger partial charge in [-0.25, -0.2) is 4.79 Å². The number of carbonyl (C=O) groups excluding carboxylic acids is 2. The van der Waals surface area contributed by atoms with Gasteiger partial charge in [0.2, 0.25) is 0 Å². The molecule has 32 heavy (non-hydrogen) atoms. The summed E-state index contributed by atoms with van der Waals surface area (Å²) in [5.41, 5.74) is 1.95. The van der Waals surface area contributed by atoms with Gasteiger partial charge in [0.05, 0.1) is 0 Å². The minimum absolute atomic E-state index is 0.0198. The van der Waals surface area contributed by atoms with Gasteiger partial charge in [0.15, 0.2) is 5.78 Å². The summed E-state index contributed by atoms with van der Waals surface area (Å²) in [5, 5.41) is 5.74. The summed E-state index contributed by atoms with van der Waals surface area (Å²) >= 11 is 0. The van der Waals surface area contributed by atoms with E-state index in [0.717, 1.165) is 12.8 Å². The molecule has 0 unspecified atom stereocenters. The van der Waals surface area contributed by atoms with Gasteiger partial charge < -0.3 is 10.6 Å². The van der Waals surface area contributed by atoms with Crippen LogP contribution in [0, 0.1) is 0 Å². The van der Waals surface area contributed by atoms with Gasteiger partial charge in [-0.2, -0.15) is 0 Å². The summed E-state index contributed by atoms with van der Waals surface area (Å²) in [6.07, 6.45) is 15.7. The monoisotopic (exact) mass is 436 g/mol. The number of hydrogen-bond donors (Lipinski definition) is 2. The van der Waals surface area contributed by atoms with Crippen molar-refractivity contribution < 1.29 is 9.59 Å². The van der Waals surface area contributed by atoms with Crippen LogP contribution >= 0.6 is 0 Å². The first kappa shape index (κ1) is 25.6. The van der Waals surface area contributed by atoms with Crippen molar-refractivity contribution in [3.05, 3.63) is 65.7 Å². The van der Waals surface area contributed by atoms with Crippen molar-refractivity contribution in [2.75, 3.05) is 11.9 Å². The molecule has 0 atom stereocenters. The van der Waals surface area contributed by atoms with Crippen LogP contribution in [0.4, 0.5) is 10.5 Å². The van der Waals surface area contributed by atoms with Crippen molar-refractivity contribution in [1.82, 2.24) is 5.32 Å². The first-order valence-electron chi connectivity index (χ1n) is 12.5. The Hall–Kier alpha value is -2.62.